The Morgan fingerprint density at radius 2 is 2.29 bits per heavy atom. The molecule has 1 N–H and O–H groups in total. The van der Waals surface area contributed by atoms with Crippen LogP contribution in [0.2, 0.25) is 0 Å². The van der Waals surface area contributed by atoms with Crippen molar-refractivity contribution in [2.45, 2.75) is 6.42 Å². The molecule has 0 atom stereocenters. The maximum atomic E-state index is 10.6. The van der Waals surface area contributed by atoms with Gasteiger partial charge in [-0.05, 0) is 17.7 Å². The fraction of sp³-hybridized carbons (Fsp3) is 0.0909. The topological polar surface area (TPSA) is 86.9 Å². The van der Waals surface area contributed by atoms with Crippen LogP contribution in [-0.4, -0.2) is 21.3 Å². The Morgan fingerprint density at radius 1 is 1.47 bits per heavy atom. The van der Waals surface area contributed by atoms with Crippen LogP contribution in [0.25, 0.3) is 0 Å². The van der Waals surface area contributed by atoms with Crippen LogP contribution in [0.4, 0.5) is 0 Å². The third-order valence-electron chi connectivity index (χ3n) is 2.06. The van der Waals surface area contributed by atoms with E-state index in [2.05, 4.69) is 10.2 Å². The minimum absolute atomic E-state index is 0.0172. The van der Waals surface area contributed by atoms with Gasteiger partial charge in [-0.15, -0.1) is 10.2 Å². The van der Waals surface area contributed by atoms with Gasteiger partial charge < -0.3 is 5.11 Å². The van der Waals surface area contributed by atoms with Crippen molar-refractivity contribution in [3.8, 4) is 6.07 Å². The van der Waals surface area contributed by atoms with E-state index in [1.165, 1.54) is 0 Å². The zero-order valence-electron chi connectivity index (χ0n) is 8.62. The Labute approximate surface area is 101 Å². The predicted octanol–water partition coefficient (Wildman–Crippen LogP) is 1.70. The van der Waals surface area contributed by atoms with Crippen molar-refractivity contribution >= 4 is 17.3 Å². The highest BCUT2D eigenvalue weighted by atomic mass is 32.1. The first-order chi connectivity index (χ1) is 8.19. The van der Waals surface area contributed by atoms with Gasteiger partial charge in [0.25, 0.3) is 0 Å². The number of hydrogen-bond donors (Lipinski definition) is 1. The third-order valence-corrected chi connectivity index (χ3v) is 2.97. The molecule has 1 aromatic carbocycles. The van der Waals surface area contributed by atoms with Gasteiger partial charge in [-0.3, -0.25) is 0 Å². The normalized spacial score (nSPS) is 9.82. The molecule has 2 aromatic rings. The van der Waals surface area contributed by atoms with Crippen LogP contribution in [0.15, 0.2) is 24.3 Å². The van der Waals surface area contributed by atoms with Crippen molar-refractivity contribution in [2.75, 3.05) is 0 Å². The number of hydrogen-bond acceptors (Lipinski definition) is 5. The Hall–Kier alpha value is -2.26. The van der Waals surface area contributed by atoms with Gasteiger partial charge in [0.05, 0.1) is 11.6 Å². The van der Waals surface area contributed by atoms with Gasteiger partial charge in [-0.25, -0.2) is 4.79 Å². The first kappa shape index (κ1) is 11.2. The molecule has 6 heteroatoms. The fourth-order valence-corrected chi connectivity index (χ4v) is 2.05. The van der Waals surface area contributed by atoms with Gasteiger partial charge in [0.15, 0.2) is 0 Å². The second kappa shape index (κ2) is 4.72. The lowest BCUT2D eigenvalue weighted by Gasteiger charge is -1.97. The summed E-state index contributed by atoms with van der Waals surface area (Å²) in [4.78, 5) is 10.6. The maximum Gasteiger partial charge on any atom is 0.367 e. The van der Waals surface area contributed by atoms with Gasteiger partial charge in [-0.2, -0.15) is 5.26 Å². The number of carboxylic acid groups (broad SMARTS) is 1. The van der Waals surface area contributed by atoms with Crippen LogP contribution in [-0.2, 0) is 6.42 Å². The lowest BCUT2D eigenvalue weighted by Crippen LogP contribution is -1.93. The SMILES string of the molecule is N#Cc1cccc(Cc2nnc(C(=O)O)s2)c1. The van der Waals surface area contributed by atoms with Gasteiger partial charge in [0.2, 0.25) is 5.01 Å². The number of aromatic carboxylic acids is 1. The van der Waals surface area contributed by atoms with E-state index in [0.717, 1.165) is 16.9 Å². The summed E-state index contributed by atoms with van der Waals surface area (Å²) >= 11 is 1.04. The Balaban J connectivity index is 2.19. The minimum atomic E-state index is -1.07. The molecular formula is C11H7N3O2S. The Morgan fingerprint density at radius 3 is 2.94 bits per heavy atom. The standard InChI is InChI=1S/C11H7N3O2S/c12-6-8-3-1-2-7(4-8)5-9-13-14-10(17-9)11(15)16/h1-4H,5H2,(H,15,16). The first-order valence-corrected chi connectivity index (χ1v) is 5.55. The number of nitrogens with zero attached hydrogens (tertiary/aromatic N) is 3. The summed E-state index contributed by atoms with van der Waals surface area (Å²) in [5, 5.41) is 25.4. The fourth-order valence-electron chi connectivity index (χ4n) is 1.34. The first-order valence-electron chi connectivity index (χ1n) is 4.74. The highest BCUT2D eigenvalue weighted by Crippen LogP contribution is 2.15. The summed E-state index contributed by atoms with van der Waals surface area (Å²) in [5.41, 5.74) is 1.49. The highest BCUT2D eigenvalue weighted by molar-refractivity contribution is 7.13. The molecule has 0 unspecified atom stereocenters. The van der Waals surface area contributed by atoms with E-state index in [1.54, 1.807) is 18.2 Å². The summed E-state index contributed by atoms with van der Waals surface area (Å²) in [6.45, 7) is 0. The third kappa shape index (κ3) is 2.65. The molecule has 5 nitrogen and oxygen atoms in total. The molecule has 84 valence electrons. The van der Waals surface area contributed by atoms with Crippen molar-refractivity contribution in [1.29, 1.82) is 5.26 Å². The van der Waals surface area contributed by atoms with E-state index in [-0.39, 0.29) is 5.01 Å². The van der Waals surface area contributed by atoms with E-state index in [4.69, 9.17) is 10.4 Å². The summed E-state index contributed by atoms with van der Waals surface area (Å²) in [6.07, 6.45) is 0.487. The number of rotatable bonds is 3. The lowest BCUT2D eigenvalue weighted by molar-refractivity contribution is 0.0695. The molecule has 0 fully saturated rings. The summed E-state index contributed by atoms with van der Waals surface area (Å²) in [6, 6.07) is 9.16. The number of nitriles is 1. The van der Waals surface area contributed by atoms with E-state index in [0.29, 0.717) is 17.0 Å². The zero-order chi connectivity index (χ0) is 12.3. The van der Waals surface area contributed by atoms with E-state index in [9.17, 15) is 4.79 Å². The highest BCUT2D eigenvalue weighted by Gasteiger charge is 2.11. The van der Waals surface area contributed by atoms with Crippen LogP contribution in [0.1, 0.15) is 25.9 Å². The molecule has 0 spiro atoms. The molecule has 0 amide bonds. The van der Waals surface area contributed by atoms with Crippen LogP contribution >= 0.6 is 11.3 Å². The summed E-state index contributed by atoms with van der Waals surface area (Å²) in [7, 11) is 0. The van der Waals surface area contributed by atoms with E-state index >= 15 is 0 Å². The van der Waals surface area contributed by atoms with Crippen molar-refractivity contribution < 1.29 is 9.90 Å². The van der Waals surface area contributed by atoms with Crippen LogP contribution in [0, 0.1) is 11.3 Å². The Bertz CT molecular complexity index is 601. The number of aromatic nitrogens is 2. The molecule has 0 aliphatic rings. The molecular weight excluding hydrogens is 238 g/mol. The van der Waals surface area contributed by atoms with Crippen molar-refractivity contribution in [3.63, 3.8) is 0 Å². The van der Waals surface area contributed by atoms with Crippen LogP contribution in [0.3, 0.4) is 0 Å². The molecule has 1 heterocycles. The van der Waals surface area contributed by atoms with E-state index in [1.807, 2.05) is 12.1 Å². The molecule has 0 bridgehead atoms. The second-order valence-electron chi connectivity index (χ2n) is 3.30. The molecule has 0 saturated carbocycles. The molecule has 0 saturated heterocycles. The van der Waals surface area contributed by atoms with Crippen LogP contribution < -0.4 is 0 Å². The monoisotopic (exact) mass is 245 g/mol. The molecule has 0 aliphatic carbocycles. The van der Waals surface area contributed by atoms with Crippen molar-refractivity contribution in [1.82, 2.24) is 10.2 Å². The summed E-state index contributed by atoms with van der Waals surface area (Å²) in [5.74, 6) is -1.07. The zero-order valence-corrected chi connectivity index (χ0v) is 9.44. The Kier molecular flexibility index (Phi) is 3.12. The van der Waals surface area contributed by atoms with Gasteiger partial charge in [0.1, 0.15) is 5.01 Å². The average molecular weight is 245 g/mol. The van der Waals surface area contributed by atoms with Gasteiger partial charge in [-0.1, -0.05) is 23.5 Å². The smallest absolute Gasteiger partial charge is 0.367 e. The maximum absolute atomic E-state index is 10.6. The number of carboxylic acids is 1. The van der Waals surface area contributed by atoms with E-state index < -0.39 is 5.97 Å². The molecule has 1 aromatic heterocycles. The van der Waals surface area contributed by atoms with Crippen LogP contribution in [0.5, 0.6) is 0 Å². The largest absolute Gasteiger partial charge is 0.476 e. The van der Waals surface area contributed by atoms with Crippen molar-refractivity contribution in [2.24, 2.45) is 0 Å². The quantitative estimate of drug-likeness (QED) is 0.889. The summed E-state index contributed by atoms with van der Waals surface area (Å²) < 4.78 is 0. The number of carbonyl (C=O) groups is 1. The minimum Gasteiger partial charge on any atom is -0.476 e. The molecule has 0 radical (unpaired) electrons. The molecule has 2 rings (SSSR count). The lowest BCUT2D eigenvalue weighted by atomic mass is 10.1. The van der Waals surface area contributed by atoms with Crippen molar-refractivity contribution in [3.05, 3.63) is 45.4 Å². The number of benzene rings is 1. The molecule has 17 heavy (non-hydrogen) atoms. The second-order valence-corrected chi connectivity index (χ2v) is 4.36. The molecule has 0 aliphatic heterocycles. The van der Waals surface area contributed by atoms with Gasteiger partial charge >= 0.3 is 5.97 Å². The average Bonchev–Trinajstić information content (AvgIpc) is 2.78. The van der Waals surface area contributed by atoms with Gasteiger partial charge in [0, 0.05) is 6.42 Å². The predicted molar refractivity (Wildman–Crippen MR) is 60.8 cm³/mol.